The van der Waals surface area contributed by atoms with Crippen molar-refractivity contribution in [3.05, 3.63) is 0 Å². The third-order valence-electron chi connectivity index (χ3n) is 15.7. The van der Waals surface area contributed by atoms with Gasteiger partial charge in [0.15, 0.2) is 0 Å². The van der Waals surface area contributed by atoms with E-state index in [2.05, 4.69) is 17.6 Å². The van der Waals surface area contributed by atoms with Gasteiger partial charge in [-0.05, 0) is 120 Å². The minimum Gasteiger partial charge on any atom is -0.550 e. The van der Waals surface area contributed by atoms with Crippen LogP contribution in [-0.4, -0.2) is 127 Å². The lowest BCUT2D eigenvalue weighted by Crippen LogP contribution is -3.02. The molecule has 0 aromatic carbocycles. The maximum atomic E-state index is 12.8. The van der Waals surface area contributed by atoms with Crippen molar-refractivity contribution in [2.24, 2.45) is 40.2 Å². The zero-order valence-corrected chi connectivity index (χ0v) is 34.0. The number of rotatable bonds is 15. The number of aliphatic hydroxyl groups is 4. The van der Waals surface area contributed by atoms with Crippen LogP contribution in [0.25, 0.3) is 0 Å². The fourth-order valence-corrected chi connectivity index (χ4v) is 13.1. The highest BCUT2D eigenvalue weighted by Gasteiger charge is 2.62. The van der Waals surface area contributed by atoms with E-state index in [4.69, 9.17) is 24.7 Å². The third kappa shape index (κ3) is 9.91. The van der Waals surface area contributed by atoms with Crippen LogP contribution in [0.4, 0.5) is 0 Å². The van der Waals surface area contributed by atoms with Gasteiger partial charge in [-0.15, -0.1) is 0 Å². The summed E-state index contributed by atoms with van der Waals surface area (Å²) in [6.07, 6.45) is 10.5. The molecule has 6 aliphatic rings. The molecule has 0 radical (unpaired) electrons. The Bertz CT molecular complexity index is 1210. The molecule has 0 aromatic rings. The molecule has 16 atom stereocenters. The van der Waals surface area contributed by atoms with Gasteiger partial charge in [0.05, 0.1) is 61.9 Å². The summed E-state index contributed by atoms with van der Waals surface area (Å²) in [5.74, 6) is -0.588. The number of carbonyl (C=O) groups is 1. The molecule has 3 saturated heterocycles. The molecule has 10 N–H and O–H groups in total. The van der Waals surface area contributed by atoms with Crippen molar-refractivity contribution in [1.29, 1.82) is 0 Å². The first-order valence-corrected chi connectivity index (χ1v) is 22.0. The molecule has 55 heavy (non-hydrogen) atoms. The van der Waals surface area contributed by atoms with Crippen LogP contribution in [0.15, 0.2) is 0 Å². The van der Waals surface area contributed by atoms with E-state index in [0.29, 0.717) is 50.2 Å². The predicted octanol–water partition coefficient (Wildman–Crippen LogP) is -0.310. The van der Waals surface area contributed by atoms with Crippen molar-refractivity contribution in [1.82, 2.24) is 0 Å². The van der Waals surface area contributed by atoms with Gasteiger partial charge in [0.1, 0.15) is 18.3 Å². The number of ether oxygens (including phenoxy) is 4. The van der Waals surface area contributed by atoms with Crippen molar-refractivity contribution in [2.75, 3.05) is 34.0 Å². The summed E-state index contributed by atoms with van der Waals surface area (Å²) in [6.45, 7) is 3.46. The van der Waals surface area contributed by atoms with Crippen LogP contribution in [0.5, 0.6) is 0 Å². The van der Waals surface area contributed by atoms with E-state index in [1.807, 2.05) is 0 Å². The fourth-order valence-electron chi connectivity index (χ4n) is 13.1. The molecule has 13 nitrogen and oxygen atoms in total. The van der Waals surface area contributed by atoms with Crippen LogP contribution in [0.2, 0.25) is 0 Å². The Labute approximate surface area is 329 Å². The van der Waals surface area contributed by atoms with E-state index in [0.717, 1.165) is 90.0 Å². The first kappa shape index (κ1) is 43.6. The smallest absolute Gasteiger partial charge is 0.137 e. The van der Waals surface area contributed by atoms with E-state index in [-0.39, 0.29) is 60.8 Å². The van der Waals surface area contributed by atoms with Gasteiger partial charge in [-0.1, -0.05) is 12.8 Å². The van der Waals surface area contributed by atoms with E-state index < -0.39 is 41.9 Å². The molecule has 0 amide bonds. The Hall–Kier alpha value is -0.970. The summed E-state index contributed by atoms with van der Waals surface area (Å²) in [5.41, 5.74) is 5.82. The average Bonchev–Trinajstić information content (AvgIpc) is 3.62. The Morgan fingerprint density at radius 2 is 1.65 bits per heavy atom. The van der Waals surface area contributed by atoms with E-state index in [1.54, 1.807) is 14.2 Å². The SMILES string of the molecule is COC1CC(CCC2CC(O)C(CCO)C(C3CC(OC)C(O)C(OCC4[NH2+]C(C)CC5(CCCC5)C4(CC(=O)[O-])CC4CC[NH2+]C(N)C4)C3)O2)CCC1O. The first-order valence-electron chi connectivity index (χ1n) is 22.0. The minimum absolute atomic E-state index is 0.00182. The molecule has 6 fully saturated rings. The van der Waals surface area contributed by atoms with Crippen LogP contribution in [-0.2, 0) is 23.7 Å². The number of aliphatic hydroxyl groups excluding tert-OH is 4. The molecule has 16 unspecified atom stereocenters. The predicted molar refractivity (Wildman–Crippen MR) is 202 cm³/mol. The number of hydrogen-bond acceptors (Lipinski definition) is 11. The quantitative estimate of drug-likeness (QED) is 0.114. The topological polar surface area (TPSA) is 217 Å². The second kappa shape index (κ2) is 19.4. The summed E-state index contributed by atoms with van der Waals surface area (Å²) in [4.78, 5) is 12.8. The normalized spacial score (nSPS) is 45.1. The van der Waals surface area contributed by atoms with Gasteiger partial charge < -0.3 is 59.9 Å². The van der Waals surface area contributed by atoms with Crippen molar-refractivity contribution in [2.45, 2.75) is 190 Å². The number of aliphatic carboxylic acids is 1. The monoisotopic (exact) mass is 783 g/mol. The number of carboxylic acids is 1. The summed E-state index contributed by atoms with van der Waals surface area (Å²) < 4.78 is 25.3. The summed E-state index contributed by atoms with van der Waals surface area (Å²) in [6, 6.07) is 0.187. The fraction of sp³-hybridized carbons (Fsp3) is 0.976. The number of piperidine rings is 2. The lowest BCUT2D eigenvalue weighted by Gasteiger charge is -2.58. The van der Waals surface area contributed by atoms with E-state index in [9.17, 15) is 30.3 Å². The summed E-state index contributed by atoms with van der Waals surface area (Å²) in [5, 5.41) is 61.0. The van der Waals surface area contributed by atoms with Gasteiger partial charge in [0.2, 0.25) is 0 Å². The maximum absolute atomic E-state index is 12.8. The Kier molecular flexibility index (Phi) is 15.4. The zero-order chi connectivity index (χ0) is 39.3. The maximum Gasteiger partial charge on any atom is 0.137 e. The number of quaternary nitrogens is 2. The lowest BCUT2D eigenvalue weighted by atomic mass is 9.50. The highest BCUT2D eigenvalue weighted by Crippen LogP contribution is 2.61. The number of carboxylic acid groups (broad SMARTS) is 1. The standard InChI is InChI=1S/C42H75N3O10/c1-25-21-41(12-4-5-13-41)42(23-38(49)50,22-27-10-14-44-37(43)17-27)36(45-25)24-54-35-19-28(18-34(53-3)39(35)51)40-30(11-15-46)32(48)20-29(55-40)8-6-26-7-9-31(47)33(16-26)52-2/h25-37,39-40,44-48,51H,4-24,43H2,1-3H3,(H,49,50)/p+1. The highest BCUT2D eigenvalue weighted by molar-refractivity contribution is 5.65. The summed E-state index contributed by atoms with van der Waals surface area (Å²) >= 11 is 0. The molecule has 0 bridgehead atoms. The van der Waals surface area contributed by atoms with Crippen molar-refractivity contribution in [3.8, 4) is 0 Å². The molecule has 1 spiro atoms. The van der Waals surface area contributed by atoms with Gasteiger partial charge in [-0.3, -0.25) is 5.73 Å². The minimum atomic E-state index is -1.000. The van der Waals surface area contributed by atoms with Gasteiger partial charge >= 0.3 is 0 Å². The van der Waals surface area contributed by atoms with Crippen LogP contribution in [0, 0.1) is 34.5 Å². The lowest BCUT2D eigenvalue weighted by molar-refractivity contribution is -0.752. The average molecular weight is 783 g/mol. The molecular weight excluding hydrogens is 706 g/mol. The molecule has 3 heterocycles. The van der Waals surface area contributed by atoms with Crippen molar-refractivity contribution in [3.63, 3.8) is 0 Å². The second-order valence-electron chi connectivity index (χ2n) is 19.1. The van der Waals surface area contributed by atoms with Gasteiger partial charge in [-0.2, -0.15) is 0 Å². The highest BCUT2D eigenvalue weighted by atomic mass is 16.5. The Morgan fingerprint density at radius 3 is 2.35 bits per heavy atom. The van der Waals surface area contributed by atoms with Crippen LogP contribution in [0.1, 0.15) is 122 Å². The van der Waals surface area contributed by atoms with E-state index in [1.165, 1.54) is 0 Å². The van der Waals surface area contributed by atoms with Crippen LogP contribution >= 0.6 is 0 Å². The third-order valence-corrected chi connectivity index (χ3v) is 15.7. The molecule has 6 rings (SSSR count). The van der Waals surface area contributed by atoms with Crippen LogP contribution < -0.4 is 21.5 Å². The molecule has 3 aliphatic heterocycles. The molecular formula is C42H76N3O10+. The molecule has 13 heteroatoms. The number of nitrogens with two attached hydrogens (primary N) is 3. The van der Waals surface area contributed by atoms with Gasteiger partial charge in [0.25, 0.3) is 0 Å². The number of hydrogen-bond donors (Lipinski definition) is 7. The molecule has 3 saturated carbocycles. The zero-order valence-electron chi connectivity index (χ0n) is 34.0. The Balaban J connectivity index is 1.20. The number of carbonyl (C=O) groups excluding carboxylic acids is 1. The molecule has 0 aromatic heterocycles. The largest absolute Gasteiger partial charge is 0.550 e. The molecule has 3 aliphatic carbocycles. The number of methoxy groups -OCH3 is 2. The Morgan fingerprint density at radius 1 is 0.909 bits per heavy atom. The molecule has 318 valence electrons. The van der Waals surface area contributed by atoms with Gasteiger partial charge in [0, 0.05) is 51.0 Å². The van der Waals surface area contributed by atoms with Crippen LogP contribution in [0.3, 0.4) is 0 Å². The second-order valence-corrected chi connectivity index (χ2v) is 19.1. The van der Waals surface area contributed by atoms with Crippen molar-refractivity contribution >= 4 is 5.97 Å². The first-order chi connectivity index (χ1) is 26.4. The van der Waals surface area contributed by atoms with Gasteiger partial charge in [-0.25, -0.2) is 0 Å². The summed E-state index contributed by atoms with van der Waals surface area (Å²) in [7, 11) is 3.27. The van der Waals surface area contributed by atoms with Crippen molar-refractivity contribution < 1.29 is 59.9 Å². The van der Waals surface area contributed by atoms with E-state index >= 15 is 0 Å².